The van der Waals surface area contributed by atoms with Gasteiger partial charge in [-0.05, 0) is 30.8 Å². The van der Waals surface area contributed by atoms with Gasteiger partial charge in [0.1, 0.15) is 0 Å². The highest BCUT2D eigenvalue weighted by Crippen LogP contribution is 2.20. The monoisotopic (exact) mass is 360 g/mol. The topological polar surface area (TPSA) is 109 Å². The van der Waals surface area contributed by atoms with Gasteiger partial charge in [-0.2, -0.15) is 4.31 Å². The number of rotatable bonds is 5. The largest absolute Gasteiger partial charge is 0.438 e. The zero-order chi connectivity index (χ0) is 17.0. The first-order valence-corrected chi connectivity index (χ1v) is 9.13. The van der Waals surface area contributed by atoms with Crippen molar-refractivity contribution in [3.05, 3.63) is 17.9 Å². The molecule has 1 aromatic rings. The molecule has 1 saturated heterocycles. The number of sulfonamides is 1. The molecule has 0 bridgehead atoms. The van der Waals surface area contributed by atoms with E-state index in [9.17, 15) is 13.2 Å². The Labute approximate surface area is 140 Å². The van der Waals surface area contributed by atoms with E-state index in [4.69, 9.17) is 22.4 Å². The minimum absolute atomic E-state index is 0.174. The summed E-state index contributed by atoms with van der Waals surface area (Å²) < 4.78 is 31.3. The summed E-state index contributed by atoms with van der Waals surface area (Å²) in [5.74, 6) is -0.976. The number of amides is 1. The maximum absolute atomic E-state index is 12.5. The molecule has 0 saturated carbocycles. The van der Waals surface area contributed by atoms with Crippen LogP contribution in [0.4, 0.5) is 0 Å². The third-order valence-electron chi connectivity index (χ3n) is 3.47. The fourth-order valence-electron chi connectivity index (χ4n) is 2.19. The van der Waals surface area contributed by atoms with Crippen LogP contribution >= 0.6 is 12.2 Å². The second-order valence-electron chi connectivity index (χ2n) is 5.11. The second kappa shape index (κ2) is 7.28. The van der Waals surface area contributed by atoms with Gasteiger partial charge < -0.3 is 20.4 Å². The maximum Gasteiger partial charge on any atom is 0.284 e. The summed E-state index contributed by atoms with van der Waals surface area (Å²) in [5, 5.41) is 3.49. The molecular weight excluding hydrogens is 340 g/mol. The van der Waals surface area contributed by atoms with Gasteiger partial charge in [-0.3, -0.25) is 4.79 Å². The molecule has 23 heavy (non-hydrogen) atoms. The van der Waals surface area contributed by atoms with Gasteiger partial charge in [-0.1, -0.05) is 6.92 Å². The third-order valence-corrected chi connectivity index (χ3v) is 5.65. The zero-order valence-electron chi connectivity index (χ0n) is 12.8. The van der Waals surface area contributed by atoms with Crippen LogP contribution in [-0.4, -0.2) is 61.4 Å². The molecule has 1 aromatic heterocycles. The zero-order valence-corrected chi connectivity index (χ0v) is 14.5. The highest BCUT2D eigenvalue weighted by Gasteiger charge is 2.31. The predicted octanol–water partition coefficient (Wildman–Crippen LogP) is -0.0307. The predicted molar refractivity (Wildman–Crippen MR) is 88.4 cm³/mol. The summed E-state index contributed by atoms with van der Waals surface area (Å²) in [6.45, 7) is 4.42. The van der Waals surface area contributed by atoms with Gasteiger partial charge in [0.15, 0.2) is 10.9 Å². The third kappa shape index (κ3) is 4.01. The summed E-state index contributed by atoms with van der Waals surface area (Å²) in [6, 6.07) is 2.50. The second-order valence-corrected chi connectivity index (χ2v) is 7.36. The van der Waals surface area contributed by atoms with Gasteiger partial charge in [-0.25, -0.2) is 8.42 Å². The maximum atomic E-state index is 12.5. The molecule has 0 aromatic carbocycles. The molecule has 1 aliphatic rings. The summed E-state index contributed by atoms with van der Waals surface area (Å²) >= 11 is 5.27. The molecule has 0 atom stereocenters. The van der Waals surface area contributed by atoms with E-state index in [0.29, 0.717) is 31.3 Å². The molecule has 0 radical (unpaired) electrons. The average molecular weight is 360 g/mol. The Balaban J connectivity index is 2.00. The summed E-state index contributed by atoms with van der Waals surface area (Å²) in [5.41, 5.74) is 5.07. The number of hydrogen-bond donors (Lipinski definition) is 2. The molecule has 10 heteroatoms. The summed E-state index contributed by atoms with van der Waals surface area (Å²) in [4.78, 5) is 13.0. The minimum atomic E-state index is -3.77. The van der Waals surface area contributed by atoms with E-state index in [1.807, 2.05) is 11.8 Å². The lowest BCUT2D eigenvalue weighted by Crippen LogP contribution is -2.53. The van der Waals surface area contributed by atoms with Crippen molar-refractivity contribution in [2.45, 2.75) is 18.4 Å². The number of nitrogens with zero attached hydrogens (tertiary/aromatic N) is 2. The van der Waals surface area contributed by atoms with Crippen molar-refractivity contribution in [2.24, 2.45) is 5.73 Å². The SMILES string of the molecule is CCCNC(=S)N1CCN(S(=O)(=O)c2ccc(C(N)=O)o2)CC1. The van der Waals surface area contributed by atoms with Crippen LogP contribution in [0.25, 0.3) is 0 Å². The van der Waals surface area contributed by atoms with Crippen molar-refractivity contribution in [2.75, 3.05) is 32.7 Å². The molecule has 0 spiro atoms. The number of carbonyl (C=O) groups excluding carboxylic acids is 1. The van der Waals surface area contributed by atoms with Crippen LogP contribution in [0.2, 0.25) is 0 Å². The van der Waals surface area contributed by atoms with Gasteiger partial charge in [0.2, 0.25) is 5.09 Å². The van der Waals surface area contributed by atoms with E-state index in [0.717, 1.165) is 13.0 Å². The molecule has 1 amide bonds. The number of furan rings is 1. The number of carbonyl (C=O) groups is 1. The quantitative estimate of drug-likeness (QED) is 0.710. The van der Waals surface area contributed by atoms with Gasteiger partial charge in [0.05, 0.1) is 0 Å². The molecule has 8 nitrogen and oxygen atoms in total. The number of primary amides is 1. The van der Waals surface area contributed by atoms with Crippen molar-refractivity contribution in [1.29, 1.82) is 0 Å². The number of nitrogens with two attached hydrogens (primary N) is 1. The van der Waals surface area contributed by atoms with Crippen LogP contribution in [0.5, 0.6) is 0 Å². The molecular formula is C13H20N4O4S2. The van der Waals surface area contributed by atoms with Crippen molar-refractivity contribution >= 4 is 33.3 Å². The standard InChI is InChI=1S/C13H20N4O4S2/c1-2-5-15-13(22)16-6-8-17(9-7-16)23(19,20)11-4-3-10(21-11)12(14)18/h3-4H,2,5-9H2,1H3,(H2,14,18)(H,15,22). The van der Waals surface area contributed by atoms with Crippen LogP contribution < -0.4 is 11.1 Å². The van der Waals surface area contributed by atoms with Gasteiger partial charge in [-0.15, -0.1) is 0 Å². The van der Waals surface area contributed by atoms with Gasteiger partial charge in [0.25, 0.3) is 15.9 Å². The Hall–Kier alpha value is -1.65. The van der Waals surface area contributed by atoms with E-state index in [-0.39, 0.29) is 10.9 Å². The lowest BCUT2D eigenvalue weighted by atomic mass is 10.4. The fraction of sp³-hybridized carbons (Fsp3) is 0.538. The van der Waals surface area contributed by atoms with Gasteiger partial charge in [0, 0.05) is 32.7 Å². The molecule has 0 unspecified atom stereocenters. The Morgan fingerprint density at radius 1 is 1.35 bits per heavy atom. The lowest BCUT2D eigenvalue weighted by Gasteiger charge is -2.35. The first-order chi connectivity index (χ1) is 10.9. The summed E-state index contributed by atoms with van der Waals surface area (Å²) in [6.07, 6.45) is 0.967. The first kappa shape index (κ1) is 17.7. The number of hydrogen-bond acceptors (Lipinski definition) is 5. The van der Waals surface area contributed by atoms with Crippen LogP contribution in [0, 0.1) is 0 Å². The smallest absolute Gasteiger partial charge is 0.284 e. The molecule has 0 aliphatic carbocycles. The lowest BCUT2D eigenvalue weighted by molar-refractivity contribution is 0.0968. The minimum Gasteiger partial charge on any atom is -0.438 e. The van der Waals surface area contributed by atoms with E-state index in [1.54, 1.807) is 0 Å². The number of nitrogens with one attached hydrogen (secondary N) is 1. The highest BCUT2D eigenvalue weighted by atomic mass is 32.2. The van der Waals surface area contributed by atoms with Crippen molar-refractivity contribution < 1.29 is 17.6 Å². The molecule has 3 N–H and O–H groups in total. The normalized spacial score (nSPS) is 16.3. The summed E-state index contributed by atoms with van der Waals surface area (Å²) in [7, 11) is -3.77. The Morgan fingerprint density at radius 2 is 2.00 bits per heavy atom. The molecule has 1 aliphatic heterocycles. The van der Waals surface area contributed by atoms with Crippen LogP contribution in [0.15, 0.2) is 21.6 Å². The van der Waals surface area contributed by atoms with E-state index >= 15 is 0 Å². The number of piperazine rings is 1. The Morgan fingerprint density at radius 3 is 2.52 bits per heavy atom. The molecule has 128 valence electrons. The Kier molecular flexibility index (Phi) is 5.60. The fourth-order valence-corrected chi connectivity index (χ4v) is 3.81. The van der Waals surface area contributed by atoms with Gasteiger partial charge >= 0.3 is 0 Å². The molecule has 2 heterocycles. The highest BCUT2D eigenvalue weighted by molar-refractivity contribution is 7.89. The van der Waals surface area contributed by atoms with Crippen molar-refractivity contribution in [3.63, 3.8) is 0 Å². The van der Waals surface area contributed by atoms with E-state index in [2.05, 4.69) is 5.32 Å². The van der Waals surface area contributed by atoms with Crippen molar-refractivity contribution in [1.82, 2.24) is 14.5 Å². The van der Waals surface area contributed by atoms with Crippen LogP contribution in [-0.2, 0) is 10.0 Å². The van der Waals surface area contributed by atoms with E-state index < -0.39 is 15.9 Å². The average Bonchev–Trinajstić information content (AvgIpc) is 3.03. The Bertz CT molecular complexity index is 678. The van der Waals surface area contributed by atoms with E-state index in [1.165, 1.54) is 16.4 Å². The molecule has 1 fully saturated rings. The van der Waals surface area contributed by atoms with Crippen LogP contribution in [0.3, 0.4) is 0 Å². The van der Waals surface area contributed by atoms with Crippen LogP contribution in [0.1, 0.15) is 23.9 Å². The molecule has 2 rings (SSSR count). The first-order valence-electron chi connectivity index (χ1n) is 7.29. The number of thiocarbonyl (C=S) groups is 1. The van der Waals surface area contributed by atoms with Crippen molar-refractivity contribution in [3.8, 4) is 0 Å².